The van der Waals surface area contributed by atoms with Gasteiger partial charge in [0.15, 0.2) is 0 Å². The van der Waals surface area contributed by atoms with Gasteiger partial charge in [0.1, 0.15) is 0 Å². The van der Waals surface area contributed by atoms with Crippen LogP contribution in [0.5, 0.6) is 0 Å². The fourth-order valence-electron chi connectivity index (χ4n) is 2.08. The SMILES string of the molecule is CCCCC(O)CCCCC(O)CCC(O)CC. The quantitative estimate of drug-likeness (QED) is 0.473. The Morgan fingerprint density at radius 3 is 1.56 bits per heavy atom. The van der Waals surface area contributed by atoms with E-state index >= 15 is 0 Å². The van der Waals surface area contributed by atoms with Crippen LogP contribution in [0.2, 0.25) is 0 Å². The summed E-state index contributed by atoms with van der Waals surface area (Å²) >= 11 is 0. The van der Waals surface area contributed by atoms with Crippen LogP contribution in [0.15, 0.2) is 0 Å². The number of rotatable bonds is 12. The molecule has 0 bridgehead atoms. The molecule has 3 heteroatoms. The van der Waals surface area contributed by atoms with Gasteiger partial charge in [-0.1, -0.05) is 39.5 Å². The summed E-state index contributed by atoms with van der Waals surface area (Å²) in [5.41, 5.74) is 0. The van der Waals surface area contributed by atoms with Crippen molar-refractivity contribution in [3.63, 3.8) is 0 Å². The van der Waals surface area contributed by atoms with Crippen molar-refractivity contribution in [1.82, 2.24) is 0 Å². The summed E-state index contributed by atoms with van der Waals surface area (Å²) in [6.07, 6.45) is 8.14. The Balaban J connectivity index is 3.36. The molecule has 0 aliphatic rings. The van der Waals surface area contributed by atoms with Gasteiger partial charge in [-0.2, -0.15) is 0 Å². The minimum Gasteiger partial charge on any atom is -0.393 e. The molecule has 0 amide bonds. The van der Waals surface area contributed by atoms with Crippen LogP contribution in [-0.2, 0) is 0 Å². The second kappa shape index (κ2) is 11.9. The molecule has 18 heavy (non-hydrogen) atoms. The molecule has 0 rings (SSSR count). The van der Waals surface area contributed by atoms with Gasteiger partial charge >= 0.3 is 0 Å². The first-order chi connectivity index (χ1) is 8.60. The molecule has 3 atom stereocenters. The maximum absolute atomic E-state index is 9.73. The molecule has 0 spiro atoms. The second-order valence-corrected chi connectivity index (χ2v) is 5.37. The van der Waals surface area contributed by atoms with Crippen LogP contribution in [0.1, 0.15) is 78.1 Å². The molecule has 0 aromatic carbocycles. The number of hydrogen-bond acceptors (Lipinski definition) is 3. The van der Waals surface area contributed by atoms with Crippen LogP contribution in [0, 0.1) is 0 Å². The Kier molecular flexibility index (Phi) is 11.9. The smallest absolute Gasteiger partial charge is 0.0541 e. The van der Waals surface area contributed by atoms with Gasteiger partial charge in [0.2, 0.25) is 0 Å². The van der Waals surface area contributed by atoms with Crippen LogP contribution in [0.4, 0.5) is 0 Å². The van der Waals surface area contributed by atoms with Crippen molar-refractivity contribution in [3.05, 3.63) is 0 Å². The largest absolute Gasteiger partial charge is 0.393 e. The average molecular weight is 260 g/mol. The van der Waals surface area contributed by atoms with E-state index in [-0.39, 0.29) is 18.3 Å². The highest BCUT2D eigenvalue weighted by Crippen LogP contribution is 2.13. The maximum Gasteiger partial charge on any atom is 0.0541 e. The summed E-state index contributed by atoms with van der Waals surface area (Å²) in [5, 5.41) is 28.8. The number of unbranched alkanes of at least 4 members (excludes halogenated alkanes) is 2. The van der Waals surface area contributed by atoms with Gasteiger partial charge in [0.25, 0.3) is 0 Å². The van der Waals surface area contributed by atoms with Crippen molar-refractivity contribution in [2.45, 2.75) is 96.4 Å². The third-order valence-corrected chi connectivity index (χ3v) is 3.52. The fraction of sp³-hybridized carbons (Fsp3) is 1.00. The Labute approximate surface area is 112 Å². The highest BCUT2D eigenvalue weighted by molar-refractivity contribution is 4.62. The maximum atomic E-state index is 9.73. The average Bonchev–Trinajstić information content (AvgIpc) is 2.38. The molecule has 0 heterocycles. The first-order valence-corrected chi connectivity index (χ1v) is 7.64. The van der Waals surface area contributed by atoms with E-state index < -0.39 is 0 Å². The molecular weight excluding hydrogens is 228 g/mol. The fourth-order valence-corrected chi connectivity index (χ4v) is 2.08. The van der Waals surface area contributed by atoms with Gasteiger partial charge in [-0.15, -0.1) is 0 Å². The third-order valence-electron chi connectivity index (χ3n) is 3.52. The Bertz CT molecular complexity index is 173. The highest BCUT2D eigenvalue weighted by Gasteiger charge is 2.08. The first-order valence-electron chi connectivity index (χ1n) is 7.64. The van der Waals surface area contributed by atoms with Crippen LogP contribution < -0.4 is 0 Å². The van der Waals surface area contributed by atoms with E-state index in [4.69, 9.17) is 0 Å². The minimum absolute atomic E-state index is 0.163. The van der Waals surface area contributed by atoms with E-state index in [1.807, 2.05) is 6.92 Å². The molecule has 0 fully saturated rings. The van der Waals surface area contributed by atoms with E-state index in [0.717, 1.165) is 51.4 Å². The van der Waals surface area contributed by atoms with Crippen molar-refractivity contribution in [3.8, 4) is 0 Å². The number of aliphatic hydroxyl groups excluding tert-OH is 3. The van der Waals surface area contributed by atoms with E-state index in [0.29, 0.717) is 12.8 Å². The molecule has 3 unspecified atom stereocenters. The lowest BCUT2D eigenvalue weighted by molar-refractivity contribution is 0.103. The molecule has 0 aliphatic carbocycles. The van der Waals surface area contributed by atoms with Gasteiger partial charge in [0.05, 0.1) is 18.3 Å². The number of hydrogen-bond donors (Lipinski definition) is 3. The van der Waals surface area contributed by atoms with E-state index in [1.54, 1.807) is 0 Å². The normalized spacial score (nSPS) is 16.5. The highest BCUT2D eigenvalue weighted by atomic mass is 16.3. The summed E-state index contributed by atoms with van der Waals surface area (Å²) in [7, 11) is 0. The van der Waals surface area contributed by atoms with Crippen LogP contribution in [-0.4, -0.2) is 33.6 Å². The van der Waals surface area contributed by atoms with Gasteiger partial charge in [-0.25, -0.2) is 0 Å². The molecule has 0 radical (unpaired) electrons. The zero-order chi connectivity index (χ0) is 13.8. The van der Waals surface area contributed by atoms with Crippen LogP contribution >= 0.6 is 0 Å². The van der Waals surface area contributed by atoms with Gasteiger partial charge in [0, 0.05) is 0 Å². The zero-order valence-corrected chi connectivity index (χ0v) is 12.1. The third kappa shape index (κ3) is 11.0. The lowest BCUT2D eigenvalue weighted by Crippen LogP contribution is -2.13. The van der Waals surface area contributed by atoms with Crippen molar-refractivity contribution in [2.75, 3.05) is 0 Å². The summed E-state index contributed by atoms with van der Waals surface area (Å²) < 4.78 is 0. The van der Waals surface area contributed by atoms with Gasteiger partial charge < -0.3 is 15.3 Å². The Morgan fingerprint density at radius 2 is 1.06 bits per heavy atom. The van der Waals surface area contributed by atoms with E-state index in [9.17, 15) is 15.3 Å². The summed E-state index contributed by atoms with van der Waals surface area (Å²) in [6.45, 7) is 4.09. The van der Waals surface area contributed by atoms with Crippen LogP contribution in [0.25, 0.3) is 0 Å². The van der Waals surface area contributed by atoms with Crippen molar-refractivity contribution >= 4 is 0 Å². The molecule has 0 aromatic heterocycles. The van der Waals surface area contributed by atoms with E-state index in [2.05, 4.69) is 6.92 Å². The molecule has 0 aromatic rings. The summed E-state index contributed by atoms with van der Waals surface area (Å²) in [4.78, 5) is 0. The molecule has 3 N–H and O–H groups in total. The van der Waals surface area contributed by atoms with Crippen molar-refractivity contribution in [1.29, 1.82) is 0 Å². The lowest BCUT2D eigenvalue weighted by atomic mass is 10.0. The monoisotopic (exact) mass is 260 g/mol. The van der Waals surface area contributed by atoms with Crippen LogP contribution in [0.3, 0.4) is 0 Å². The standard InChI is InChI=1S/C15H32O3/c1-3-5-8-14(17)9-6-7-10-15(18)12-11-13(16)4-2/h13-18H,3-12H2,1-2H3. The molecule has 0 aliphatic heterocycles. The zero-order valence-electron chi connectivity index (χ0n) is 12.1. The summed E-state index contributed by atoms with van der Waals surface area (Å²) in [6, 6.07) is 0. The predicted octanol–water partition coefficient (Wildman–Crippen LogP) is 3.01. The molecular formula is C15H32O3. The topological polar surface area (TPSA) is 60.7 Å². The van der Waals surface area contributed by atoms with E-state index in [1.165, 1.54) is 0 Å². The molecule has 110 valence electrons. The van der Waals surface area contributed by atoms with Gasteiger partial charge in [-0.3, -0.25) is 0 Å². The molecule has 0 saturated heterocycles. The summed E-state index contributed by atoms with van der Waals surface area (Å²) in [5.74, 6) is 0. The second-order valence-electron chi connectivity index (χ2n) is 5.37. The molecule has 0 saturated carbocycles. The van der Waals surface area contributed by atoms with Crippen molar-refractivity contribution in [2.24, 2.45) is 0 Å². The molecule has 3 nitrogen and oxygen atoms in total. The Morgan fingerprint density at radius 1 is 0.611 bits per heavy atom. The minimum atomic E-state index is -0.293. The predicted molar refractivity (Wildman–Crippen MR) is 75.5 cm³/mol. The lowest BCUT2D eigenvalue weighted by Gasteiger charge is -2.14. The first kappa shape index (κ1) is 17.9. The van der Waals surface area contributed by atoms with Crippen molar-refractivity contribution < 1.29 is 15.3 Å². The Hall–Kier alpha value is -0.120. The number of aliphatic hydroxyl groups is 3. The van der Waals surface area contributed by atoms with Gasteiger partial charge in [-0.05, 0) is 38.5 Å².